The number of hydrogen-bond donors (Lipinski definition) is 6. The quantitative estimate of drug-likeness (QED) is 0.101. The van der Waals surface area contributed by atoms with Gasteiger partial charge in [-0.1, -0.05) is 66.2 Å². The summed E-state index contributed by atoms with van der Waals surface area (Å²) in [5.74, 6) is -4.02. The maximum atomic E-state index is 12.4. The lowest BCUT2D eigenvalue weighted by Gasteiger charge is -2.36. The van der Waals surface area contributed by atoms with Gasteiger partial charge < -0.3 is 31.5 Å². The zero-order chi connectivity index (χ0) is 30.6. The molecule has 0 heterocycles. The summed E-state index contributed by atoms with van der Waals surface area (Å²) in [7, 11) is 0. The number of carbonyl (C=O) groups is 6. The molecule has 0 radical (unpaired) electrons. The Morgan fingerprint density at radius 3 is 1.32 bits per heavy atom. The average molecular weight is 571 g/mol. The predicted molar refractivity (Wildman–Crippen MR) is 150 cm³/mol. The zero-order valence-electron chi connectivity index (χ0n) is 24.6. The van der Waals surface area contributed by atoms with Gasteiger partial charge in [-0.25, -0.2) is 0 Å². The molecule has 6 N–H and O–H groups in total. The Morgan fingerprint density at radius 1 is 0.550 bits per heavy atom. The molecular weight excluding hydrogens is 520 g/mol. The third kappa shape index (κ3) is 16.0. The molecule has 0 aliphatic rings. The summed E-state index contributed by atoms with van der Waals surface area (Å²) in [5, 5.41) is 28.7. The first kappa shape index (κ1) is 36.8. The molecule has 0 saturated heterocycles. The van der Waals surface area contributed by atoms with Crippen LogP contribution in [0.3, 0.4) is 0 Å². The van der Waals surface area contributed by atoms with Crippen molar-refractivity contribution in [1.29, 1.82) is 0 Å². The van der Waals surface area contributed by atoms with Gasteiger partial charge in [0.1, 0.15) is 0 Å². The topological polar surface area (TPSA) is 191 Å². The van der Waals surface area contributed by atoms with Crippen LogP contribution < -0.4 is 21.3 Å². The maximum absolute atomic E-state index is 12.4. The van der Waals surface area contributed by atoms with Gasteiger partial charge in [-0.05, 0) is 24.7 Å². The lowest BCUT2D eigenvalue weighted by Crippen LogP contribution is -2.46. The van der Waals surface area contributed by atoms with E-state index in [1.807, 2.05) is 0 Å². The molecule has 0 rings (SSSR count). The van der Waals surface area contributed by atoms with E-state index < -0.39 is 29.2 Å². The number of aliphatic carboxylic acids is 2. The van der Waals surface area contributed by atoms with Crippen molar-refractivity contribution in [3.05, 3.63) is 0 Å². The Labute approximate surface area is 237 Å². The molecule has 230 valence electrons. The fourth-order valence-electron chi connectivity index (χ4n) is 4.53. The first-order chi connectivity index (χ1) is 18.8. The van der Waals surface area contributed by atoms with E-state index in [1.165, 1.54) is 0 Å². The van der Waals surface area contributed by atoms with Gasteiger partial charge in [0.2, 0.25) is 23.6 Å². The van der Waals surface area contributed by atoms with E-state index in [2.05, 4.69) is 21.3 Å². The molecule has 0 aliphatic carbocycles. The largest absolute Gasteiger partial charge is 0.481 e. The van der Waals surface area contributed by atoms with Crippen LogP contribution in [0, 0.1) is 17.3 Å². The van der Waals surface area contributed by atoms with E-state index >= 15 is 0 Å². The second-order valence-corrected chi connectivity index (χ2v) is 10.8. The summed E-state index contributed by atoms with van der Waals surface area (Å²) in [5.41, 5.74) is -1.18. The SMILES string of the molecule is CC(C)C(CC(=O)NCC(=O)NCCCCCCCCCCNC(=O)CNC(=O)CCC(=O)O)(C(=O)O)C(C)C. The van der Waals surface area contributed by atoms with Gasteiger partial charge >= 0.3 is 11.9 Å². The molecule has 0 aromatic carbocycles. The molecule has 0 aliphatic heterocycles. The monoisotopic (exact) mass is 570 g/mol. The summed E-state index contributed by atoms with van der Waals surface area (Å²) in [6.07, 6.45) is 7.31. The highest BCUT2D eigenvalue weighted by Crippen LogP contribution is 2.39. The van der Waals surface area contributed by atoms with Gasteiger partial charge in [-0.2, -0.15) is 0 Å². The minimum absolute atomic E-state index is 0.147. The normalized spacial score (nSPS) is 11.2. The first-order valence-electron chi connectivity index (χ1n) is 14.3. The molecule has 0 aromatic rings. The molecule has 0 fully saturated rings. The summed E-state index contributed by atoms with van der Waals surface area (Å²) < 4.78 is 0. The van der Waals surface area contributed by atoms with Crippen molar-refractivity contribution in [2.45, 2.75) is 98.3 Å². The van der Waals surface area contributed by atoms with Crippen LogP contribution in [0.25, 0.3) is 0 Å². The van der Waals surface area contributed by atoms with Gasteiger partial charge in [0.15, 0.2) is 0 Å². The van der Waals surface area contributed by atoms with Crippen molar-refractivity contribution in [2.24, 2.45) is 17.3 Å². The minimum atomic E-state index is -1.18. The van der Waals surface area contributed by atoms with Crippen LogP contribution in [-0.2, 0) is 28.8 Å². The number of rotatable bonds is 23. The van der Waals surface area contributed by atoms with Crippen molar-refractivity contribution >= 4 is 35.6 Å². The molecule has 12 nitrogen and oxygen atoms in total. The van der Waals surface area contributed by atoms with E-state index in [0.717, 1.165) is 51.4 Å². The Balaban J connectivity index is 3.76. The smallest absolute Gasteiger partial charge is 0.310 e. The fourth-order valence-corrected chi connectivity index (χ4v) is 4.53. The highest BCUT2D eigenvalue weighted by molar-refractivity contribution is 5.88. The highest BCUT2D eigenvalue weighted by atomic mass is 16.4. The van der Waals surface area contributed by atoms with E-state index in [4.69, 9.17) is 5.11 Å². The predicted octanol–water partition coefficient (Wildman–Crippen LogP) is 2.21. The molecule has 0 unspecified atom stereocenters. The lowest BCUT2D eigenvalue weighted by molar-refractivity contribution is -0.159. The van der Waals surface area contributed by atoms with Crippen LogP contribution in [0.15, 0.2) is 0 Å². The Morgan fingerprint density at radius 2 is 0.950 bits per heavy atom. The molecular formula is C28H50N4O8. The number of hydrogen-bond acceptors (Lipinski definition) is 6. The minimum Gasteiger partial charge on any atom is -0.481 e. The Bertz CT molecular complexity index is 821. The number of carbonyl (C=O) groups excluding carboxylic acids is 4. The lowest BCUT2D eigenvalue weighted by atomic mass is 9.66. The summed E-state index contributed by atoms with van der Waals surface area (Å²) in [4.78, 5) is 69.7. The average Bonchev–Trinajstić information content (AvgIpc) is 2.87. The van der Waals surface area contributed by atoms with Crippen molar-refractivity contribution in [1.82, 2.24) is 21.3 Å². The number of unbranched alkanes of at least 4 members (excludes halogenated alkanes) is 7. The fraction of sp³-hybridized carbons (Fsp3) is 0.786. The van der Waals surface area contributed by atoms with Gasteiger partial charge in [-0.15, -0.1) is 0 Å². The van der Waals surface area contributed by atoms with Gasteiger partial charge in [-0.3, -0.25) is 28.8 Å². The Kier molecular flexibility index (Phi) is 19.0. The molecule has 4 amide bonds. The number of carboxylic acid groups (broad SMARTS) is 2. The molecule has 0 saturated carbocycles. The van der Waals surface area contributed by atoms with Crippen LogP contribution in [0.1, 0.15) is 98.3 Å². The molecule has 12 heteroatoms. The van der Waals surface area contributed by atoms with Gasteiger partial charge in [0.05, 0.1) is 24.9 Å². The summed E-state index contributed by atoms with van der Waals surface area (Å²) >= 11 is 0. The van der Waals surface area contributed by atoms with E-state index in [1.54, 1.807) is 27.7 Å². The van der Waals surface area contributed by atoms with Crippen molar-refractivity contribution in [2.75, 3.05) is 26.2 Å². The molecule has 0 spiro atoms. The van der Waals surface area contributed by atoms with E-state index in [-0.39, 0.29) is 56.0 Å². The second kappa shape index (κ2) is 20.7. The van der Waals surface area contributed by atoms with Crippen LogP contribution in [0.4, 0.5) is 0 Å². The standard InChI is InChI=1S/C28H50N4O8/c1-20(2)28(21(3)4,27(39)40)17-23(34)32-19-25(36)30-16-12-10-8-6-5-7-9-11-15-29-24(35)18-31-22(33)13-14-26(37)38/h20-21H,5-19H2,1-4H3,(H,29,35)(H,30,36)(H,31,33)(H,32,34)(H,37,38)(H,39,40). The third-order valence-corrected chi connectivity index (χ3v) is 7.12. The summed E-state index contributed by atoms with van der Waals surface area (Å²) in [6.45, 7) is 7.88. The second-order valence-electron chi connectivity index (χ2n) is 10.8. The third-order valence-electron chi connectivity index (χ3n) is 7.12. The summed E-state index contributed by atoms with van der Waals surface area (Å²) in [6, 6.07) is 0. The number of amides is 4. The van der Waals surface area contributed by atoms with Crippen molar-refractivity contribution in [3.63, 3.8) is 0 Å². The van der Waals surface area contributed by atoms with Crippen molar-refractivity contribution < 1.29 is 39.0 Å². The van der Waals surface area contributed by atoms with Crippen molar-refractivity contribution in [3.8, 4) is 0 Å². The van der Waals surface area contributed by atoms with Crippen LogP contribution in [0.2, 0.25) is 0 Å². The molecule has 40 heavy (non-hydrogen) atoms. The number of nitrogens with one attached hydrogen (secondary N) is 4. The zero-order valence-corrected chi connectivity index (χ0v) is 24.6. The Hall–Kier alpha value is -3.18. The number of carboxylic acids is 2. The van der Waals surface area contributed by atoms with Gasteiger partial charge in [0, 0.05) is 25.9 Å². The van der Waals surface area contributed by atoms with Crippen LogP contribution in [0.5, 0.6) is 0 Å². The maximum Gasteiger partial charge on any atom is 0.310 e. The van der Waals surface area contributed by atoms with Crippen LogP contribution in [-0.4, -0.2) is 72.0 Å². The first-order valence-corrected chi connectivity index (χ1v) is 14.3. The molecule has 0 atom stereocenters. The molecule has 0 bridgehead atoms. The molecule has 0 aromatic heterocycles. The highest BCUT2D eigenvalue weighted by Gasteiger charge is 2.46. The van der Waals surface area contributed by atoms with Gasteiger partial charge in [0.25, 0.3) is 0 Å². The van der Waals surface area contributed by atoms with E-state index in [9.17, 15) is 33.9 Å². The van der Waals surface area contributed by atoms with E-state index in [0.29, 0.717) is 13.1 Å². The van der Waals surface area contributed by atoms with Crippen LogP contribution >= 0.6 is 0 Å².